The van der Waals surface area contributed by atoms with Gasteiger partial charge in [0.1, 0.15) is 6.07 Å². The van der Waals surface area contributed by atoms with Gasteiger partial charge in [0, 0.05) is 29.5 Å². The second-order valence-electron chi connectivity index (χ2n) is 11.6. The molecule has 1 aromatic heterocycles. The number of pyridine rings is 1. The van der Waals surface area contributed by atoms with Crippen LogP contribution in [0.25, 0.3) is 22.0 Å². The fourth-order valence-corrected chi connectivity index (χ4v) is 6.21. The van der Waals surface area contributed by atoms with Crippen LogP contribution in [-0.2, 0) is 0 Å². The van der Waals surface area contributed by atoms with Crippen LogP contribution in [0.3, 0.4) is 0 Å². The molecule has 0 bridgehead atoms. The zero-order valence-electron chi connectivity index (χ0n) is 25.0. The first kappa shape index (κ1) is 28.7. The van der Waals surface area contributed by atoms with Crippen molar-refractivity contribution in [3.05, 3.63) is 137 Å². The number of anilines is 2. The zero-order valence-corrected chi connectivity index (χ0v) is 25.7. The Kier molecular flexibility index (Phi) is 8.00. The molecule has 5 aromatic rings. The standard InChI is InChI=1S/C37H34ClN7/c1-2-33(25-12-7-4-8-13-25)42-35-28(21-39)22-40-37-31(35)19-29(20-32(37)38)41-36(34-23-45(44-43-34)30-16-17-30)27-15-9-14-26(18-27)24-10-5-3-6-11-24/h3-15,18-20,22-23,30,33,36,41,43-44H,2,16-17H2,1H3,(H,40,42)/t33-,36+/m1/s1. The Morgan fingerprint density at radius 1 is 0.933 bits per heavy atom. The fourth-order valence-electron chi connectivity index (χ4n) is 5.94. The molecule has 1 saturated carbocycles. The molecule has 8 heteroatoms. The Morgan fingerprint density at radius 2 is 1.67 bits per heavy atom. The Morgan fingerprint density at radius 3 is 2.40 bits per heavy atom. The van der Waals surface area contributed by atoms with Gasteiger partial charge in [0.15, 0.2) is 0 Å². The first-order valence-corrected chi connectivity index (χ1v) is 15.8. The summed E-state index contributed by atoms with van der Waals surface area (Å²) in [6.07, 6.45) is 6.94. The predicted octanol–water partition coefficient (Wildman–Crippen LogP) is 8.47. The second-order valence-corrected chi connectivity index (χ2v) is 12.0. The zero-order chi connectivity index (χ0) is 30.8. The predicted molar refractivity (Wildman–Crippen MR) is 182 cm³/mol. The van der Waals surface area contributed by atoms with Crippen LogP contribution in [0.5, 0.6) is 0 Å². The molecule has 4 aromatic carbocycles. The minimum atomic E-state index is -0.213. The van der Waals surface area contributed by atoms with E-state index in [0.717, 1.165) is 51.1 Å². The summed E-state index contributed by atoms with van der Waals surface area (Å²) < 4.78 is 0. The molecule has 1 aliphatic heterocycles. The summed E-state index contributed by atoms with van der Waals surface area (Å²) in [5.41, 5.74) is 15.0. The molecule has 0 saturated heterocycles. The summed E-state index contributed by atoms with van der Waals surface area (Å²) in [5.74, 6) is 0. The number of benzene rings is 4. The van der Waals surface area contributed by atoms with Crippen molar-refractivity contribution in [2.24, 2.45) is 0 Å². The van der Waals surface area contributed by atoms with Crippen LogP contribution in [0, 0.1) is 11.3 Å². The Labute approximate surface area is 268 Å². The van der Waals surface area contributed by atoms with Gasteiger partial charge < -0.3 is 16.1 Å². The Balaban J connectivity index is 1.30. The third-order valence-corrected chi connectivity index (χ3v) is 8.76. The van der Waals surface area contributed by atoms with Crippen molar-refractivity contribution in [3.8, 4) is 17.2 Å². The number of hydrogen-bond acceptors (Lipinski definition) is 7. The van der Waals surface area contributed by atoms with Crippen molar-refractivity contribution in [2.45, 2.75) is 44.3 Å². The number of aromatic nitrogens is 1. The summed E-state index contributed by atoms with van der Waals surface area (Å²) in [6, 6.07) is 35.9. The van der Waals surface area contributed by atoms with Crippen molar-refractivity contribution < 1.29 is 0 Å². The third-order valence-electron chi connectivity index (χ3n) is 8.47. The van der Waals surface area contributed by atoms with E-state index in [1.165, 1.54) is 12.8 Å². The first-order valence-electron chi connectivity index (χ1n) is 15.4. The van der Waals surface area contributed by atoms with Crippen LogP contribution in [0.15, 0.2) is 115 Å². The van der Waals surface area contributed by atoms with Gasteiger partial charge in [-0.2, -0.15) is 5.26 Å². The molecule has 0 amide bonds. The maximum Gasteiger partial charge on any atom is 0.103 e. The van der Waals surface area contributed by atoms with Crippen molar-refractivity contribution in [3.63, 3.8) is 0 Å². The number of hydrogen-bond donors (Lipinski definition) is 4. The molecule has 4 N–H and O–H groups in total. The molecular weight excluding hydrogens is 578 g/mol. The van der Waals surface area contributed by atoms with Crippen molar-refractivity contribution >= 4 is 33.9 Å². The molecule has 45 heavy (non-hydrogen) atoms. The lowest BCUT2D eigenvalue weighted by Gasteiger charge is -2.24. The molecule has 0 spiro atoms. The summed E-state index contributed by atoms with van der Waals surface area (Å²) in [7, 11) is 0. The Bertz CT molecular complexity index is 1900. The highest BCUT2D eigenvalue weighted by atomic mass is 35.5. The first-order chi connectivity index (χ1) is 22.1. The van der Waals surface area contributed by atoms with E-state index in [2.05, 4.69) is 111 Å². The van der Waals surface area contributed by atoms with Crippen LogP contribution in [-0.4, -0.2) is 16.0 Å². The van der Waals surface area contributed by atoms with Gasteiger partial charge in [-0.1, -0.05) is 97.4 Å². The largest absolute Gasteiger partial charge is 0.377 e. The Hall–Kier alpha value is -5.03. The van der Waals surface area contributed by atoms with E-state index in [1.54, 1.807) is 6.20 Å². The molecule has 224 valence electrons. The van der Waals surface area contributed by atoms with E-state index in [9.17, 15) is 5.26 Å². The third kappa shape index (κ3) is 6.03. The summed E-state index contributed by atoms with van der Waals surface area (Å²) in [5, 5.41) is 21.0. The van der Waals surface area contributed by atoms with Gasteiger partial charge in [-0.15, -0.1) is 5.53 Å². The number of rotatable bonds is 10. The van der Waals surface area contributed by atoms with Gasteiger partial charge in [0.2, 0.25) is 0 Å². The van der Waals surface area contributed by atoms with Crippen molar-refractivity contribution in [2.75, 3.05) is 10.6 Å². The van der Waals surface area contributed by atoms with Crippen molar-refractivity contribution in [1.29, 1.82) is 5.26 Å². The van der Waals surface area contributed by atoms with Crippen LogP contribution in [0.4, 0.5) is 11.4 Å². The smallest absolute Gasteiger partial charge is 0.103 e. The van der Waals surface area contributed by atoms with Crippen LogP contribution in [0.1, 0.15) is 55.0 Å². The second kappa shape index (κ2) is 12.5. The number of halogens is 1. The summed E-state index contributed by atoms with van der Waals surface area (Å²) >= 11 is 6.92. The van der Waals surface area contributed by atoms with Crippen LogP contribution < -0.4 is 21.6 Å². The average Bonchev–Trinajstić information content (AvgIpc) is 3.83. The van der Waals surface area contributed by atoms with E-state index in [1.807, 2.05) is 36.4 Å². The monoisotopic (exact) mass is 611 g/mol. The summed E-state index contributed by atoms with van der Waals surface area (Å²) in [6.45, 7) is 2.13. The molecule has 7 rings (SSSR count). The number of nitrogens with zero attached hydrogens (tertiary/aromatic N) is 3. The fraction of sp³-hybridized carbons (Fsp3) is 0.189. The molecule has 0 radical (unpaired) electrons. The number of nitriles is 1. The summed E-state index contributed by atoms with van der Waals surface area (Å²) in [4.78, 5) is 4.59. The van der Waals surface area contributed by atoms with E-state index < -0.39 is 0 Å². The average molecular weight is 612 g/mol. The molecule has 1 fully saturated rings. The SMILES string of the molecule is CC[C@@H](Nc1c(C#N)cnc2c(Cl)cc(N[C@H](C3=CN(C4CC4)NN3)c3cccc(-c4ccccc4)c3)cc12)c1ccccc1. The molecule has 1 aliphatic carbocycles. The highest BCUT2D eigenvalue weighted by Gasteiger charge is 2.32. The number of hydrazine groups is 2. The lowest BCUT2D eigenvalue weighted by Crippen LogP contribution is -2.38. The molecule has 2 atom stereocenters. The van der Waals surface area contributed by atoms with Gasteiger partial charge in [0.25, 0.3) is 0 Å². The highest BCUT2D eigenvalue weighted by Crippen LogP contribution is 2.38. The normalized spacial score (nSPS) is 15.6. The minimum absolute atomic E-state index is 0.0140. The van der Waals surface area contributed by atoms with Gasteiger partial charge in [-0.25, -0.2) is 0 Å². The maximum atomic E-state index is 10.1. The molecule has 0 unspecified atom stereocenters. The quantitative estimate of drug-likeness (QED) is 0.126. The maximum absolute atomic E-state index is 10.1. The molecule has 2 heterocycles. The molecular formula is C37H34ClN7. The van der Waals surface area contributed by atoms with Gasteiger partial charge in [-0.05, 0) is 59.7 Å². The van der Waals surface area contributed by atoms with Crippen molar-refractivity contribution in [1.82, 2.24) is 21.0 Å². The van der Waals surface area contributed by atoms with E-state index >= 15 is 0 Å². The van der Waals surface area contributed by atoms with Crippen LogP contribution >= 0.6 is 11.6 Å². The minimum Gasteiger partial charge on any atom is -0.377 e. The number of nitrogens with one attached hydrogen (secondary N) is 4. The molecule has 7 nitrogen and oxygen atoms in total. The van der Waals surface area contributed by atoms with Gasteiger partial charge in [-0.3, -0.25) is 9.99 Å². The number of fused-ring (bicyclic) bond motifs is 1. The lowest BCUT2D eigenvalue weighted by atomic mass is 9.97. The van der Waals surface area contributed by atoms with E-state index in [-0.39, 0.29) is 12.1 Å². The van der Waals surface area contributed by atoms with Gasteiger partial charge >= 0.3 is 0 Å². The molecule has 2 aliphatic rings. The highest BCUT2D eigenvalue weighted by molar-refractivity contribution is 6.35. The van der Waals surface area contributed by atoms with E-state index in [4.69, 9.17) is 11.6 Å². The van der Waals surface area contributed by atoms with Gasteiger partial charge in [0.05, 0.1) is 39.6 Å². The lowest BCUT2D eigenvalue weighted by molar-refractivity contribution is 0.260. The van der Waals surface area contributed by atoms with Crippen LogP contribution in [0.2, 0.25) is 5.02 Å². The van der Waals surface area contributed by atoms with E-state index in [0.29, 0.717) is 22.1 Å². The topological polar surface area (TPSA) is 88.0 Å².